The Morgan fingerprint density at radius 2 is 2.00 bits per heavy atom. The van der Waals surface area contributed by atoms with E-state index in [1.54, 1.807) is 12.1 Å². The molecule has 0 saturated heterocycles. The van der Waals surface area contributed by atoms with Gasteiger partial charge in [0.05, 0.1) is 10.0 Å². The maximum absolute atomic E-state index is 8.87. The van der Waals surface area contributed by atoms with Crippen molar-refractivity contribution in [3.8, 4) is 0 Å². The first kappa shape index (κ1) is 9.85. The molecule has 1 N–H and O–H groups in total. The molecule has 0 aliphatic rings. The van der Waals surface area contributed by atoms with Crippen LogP contribution in [-0.2, 0) is 0 Å². The molecule has 12 heavy (non-hydrogen) atoms. The Morgan fingerprint density at radius 3 is 2.50 bits per heavy atom. The zero-order chi connectivity index (χ0) is 9.14. The fourth-order valence-electron chi connectivity index (χ4n) is 0.924. The molecule has 0 spiro atoms. The van der Waals surface area contributed by atoms with Gasteiger partial charge in [-0.25, -0.2) is 0 Å². The third kappa shape index (κ3) is 2.13. The van der Waals surface area contributed by atoms with Gasteiger partial charge in [-0.15, -0.1) is 0 Å². The molecule has 0 aliphatic carbocycles. The minimum Gasteiger partial charge on any atom is -0.396 e. The van der Waals surface area contributed by atoms with Crippen LogP contribution in [0.4, 0.5) is 0 Å². The Bertz CT molecular complexity index is 273. The van der Waals surface area contributed by atoms with Gasteiger partial charge in [-0.3, -0.25) is 0 Å². The zero-order valence-electron chi connectivity index (χ0n) is 6.72. The number of rotatable bonds is 2. The van der Waals surface area contributed by atoms with E-state index in [1.165, 1.54) is 0 Å². The van der Waals surface area contributed by atoms with Gasteiger partial charge in [0.1, 0.15) is 0 Å². The molecule has 0 radical (unpaired) electrons. The Balaban J connectivity index is 2.96. The van der Waals surface area contributed by atoms with Gasteiger partial charge in [-0.1, -0.05) is 36.2 Å². The number of aliphatic hydroxyl groups excluding tert-OH is 1. The summed E-state index contributed by atoms with van der Waals surface area (Å²) in [5, 5.41) is 9.96. The van der Waals surface area contributed by atoms with E-state index in [4.69, 9.17) is 28.3 Å². The fraction of sp³-hybridized carbons (Fsp3) is 0.333. The normalized spacial score (nSPS) is 13.0. The van der Waals surface area contributed by atoms with E-state index < -0.39 is 0 Å². The van der Waals surface area contributed by atoms with E-state index in [2.05, 4.69) is 0 Å². The maximum Gasteiger partial charge on any atom is 0.0595 e. The van der Waals surface area contributed by atoms with Crippen molar-refractivity contribution in [2.45, 2.75) is 12.8 Å². The number of hydrogen-bond acceptors (Lipinski definition) is 1. The first-order chi connectivity index (χ1) is 5.65. The van der Waals surface area contributed by atoms with Crippen LogP contribution in [0.25, 0.3) is 0 Å². The lowest BCUT2D eigenvalue weighted by Crippen LogP contribution is -1.98. The highest BCUT2D eigenvalue weighted by Crippen LogP contribution is 2.25. The average Bonchev–Trinajstić information content (AvgIpc) is 2.08. The number of halogens is 2. The van der Waals surface area contributed by atoms with Gasteiger partial charge in [-0.2, -0.15) is 0 Å². The van der Waals surface area contributed by atoms with Crippen LogP contribution in [0.5, 0.6) is 0 Å². The Morgan fingerprint density at radius 1 is 1.33 bits per heavy atom. The van der Waals surface area contributed by atoms with Crippen LogP contribution < -0.4 is 0 Å². The highest BCUT2D eigenvalue weighted by molar-refractivity contribution is 6.42. The van der Waals surface area contributed by atoms with Crippen LogP contribution in [0.3, 0.4) is 0 Å². The summed E-state index contributed by atoms with van der Waals surface area (Å²) in [5.41, 5.74) is 1.01. The second-order valence-electron chi connectivity index (χ2n) is 2.76. The van der Waals surface area contributed by atoms with Crippen molar-refractivity contribution in [1.82, 2.24) is 0 Å². The second-order valence-corrected chi connectivity index (χ2v) is 3.57. The van der Waals surface area contributed by atoms with Crippen molar-refractivity contribution in [2.75, 3.05) is 6.61 Å². The molecule has 1 nitrogen and oxygen atoms in total. The van der Waals surface area contributed by atoms with Gasteiger partial charge in [0.2, 0.25) is 0 Å². The van der Waals surface area contributed by atoms with Gasteiger partial charge in [0, 0.05) is 12.5 Å². The molecule has 0 amide bonds. The van der Waals surface area contributed by atoms with Crippen LogP contribution in [0.15, 0.2) is 18.2 Å². The van der Waals surface area contributed by atoms with E-state index in [1.807, 2.05) is 13.0 Å². The van der Waals surface area contributed by atoms with E-state index in [0.29, 0.717) is 10.0 Å². The Labute approximate surface area is 81.9 Å². The monoisotopic (exact) mass is 204 g/mol. The van der Waals surface area contributed by atoms with Gasteiger partial charge in [-0.05, 0) is 17.7 Å². The maximum atomic E-state index is 8.87. The van der Waals surface area contributed by atoms with Crippen molar-refractivity contribution in [3.63, 3.8) is 0 Å². The molecule has 1 aromatic rings. The molecule has 66 valence electrons. The quantitative estimate of drug-likeness (QED) is 0.786. The van der Waals surface area contributed by atoms with Gasteiger partial charge in [0.15, 0.2) is 0 Å². The molecule has 0 aromatic heterocycles. The first-order valence-corrected chi connectivity index (χ1v) is 4.46. The summed E-state index contributed by atoms with van der Waals surface area (Å²) in [5.74, 6) is 0.111. The molecule has 1 atom stereocenters. The molecule has 1 aromatic carbocycles. The smallest absolute Gasteiger partial charge is 0.0595 e. The molecule has 0 saturated carbocycles. The third-order valence-corrected chi connectivity index (χ3v) is 2.53. The third-order valence-electron chi connectivity index (χ3n) is 1.79. The average molecular weight is 205 g/mol. The Kier molecular flexibility index (Phi) is 3.39. The van der Waals surface area contributed by atoms with E-state index in [0.717, 1.165) is 5.56 Å². The molecule has 0 bridgehead atoms. The number of benzene rings is 1. The summed E-state index contributed by atoms with van der Waals surface area (Å²) in [6.45, 7) is 2.05. The molecule has 0 heterocycles. The van der Waals surface area contributed by atoms with Crippen molar-refractivity contribution in [1.29, 1.82) is 0 Å². The lowest BCUT2D eigenvalue weighted by atomic mass is 10.0. The summed E-state index contributed by atoms with van der Waals surface area (Å²) in [6.07, 6.45) is 0. The summed E-state index contributed by atoms with van der Waals surface area (Å²) in [7, 11) is 0. The van der Waals surface area contributed by atoms with E-state index in [9.17, 15) is 0 Å². The predicted octanol–water partition coefficient (Wildman–Crippen LogP) is 3.09. The molecule has 1 rings (SSSR count). The van der Waals surface area contributed by atoms with Crippen LogP contribution in [0.2, 0.25) is 10.0 Å². The number of hydrogen-bond donors (Lipinski definition) is 1. The SMILES string of the molecule is CC(CO)c1ccc(Cl)c(Cl)c1. The minimum atomic E-state index is 0.111. The molecular weight excluding hydrogens is 195 g/mol. The molecule has 0 aliphatic heterocycles. The molecule has 0 fully saturated rings. The van der Waals surface area contributed by atoms with E-state index in [-0.39, 0.29) is 12.5 Å². The highest BCUT2D eigenvalue weighted by Gasteiger charge is 2.05. The highest BCUT2D eigenvalue weighted by atomic mass is 35.5. The van der Waals surface area contributed by atoms with E-state index >= 15 is 0 Å². The predicted molar refractivity (Wildman–Crippen MR) is 52.0 cm³/mol. The van der Waals surface area contributed by atoms with Crippen molar-refractivity contribution in [3.05, 3.63) is 33.8 Å². The van der Waals surface area contributed by atoms with Crippen LogP contribution in [-0.4, -0.2) is 11.7 Å². The first-order valence-electron chi connectivity index (χ1n) is 3.71. The standard InChI is InChI=1S/C9H10Cl2O/c1-6(5-12)7-2-3-8(10)9(11)4-7/h2-4,6,12H,5H2,1H3. The fourth-order valence-corrected chi connectivity index (χ4v) is 1.23. The summed E-state index contributed by atoms with van der Waals surface area (Å²) in [4.78, 5) is 0. The second kappa shape index (κ2) is 4.13. The van der Waals surface area contributed by atoms with Crippen LogP contribution >= 0.6 is 23.2 Å². The van der Waals surface area contributed by atoms with Gasteiger partial charge < -0.3 is 5.11 Å². The summed E-state index contributed by atoms with van der Waals surface area (Å²) >= 11 is 11.5. The van der Waals surface area contributed by atoms with Crippen molar-refractivity contribution in [2.24, 2.45) is 0 Å². The molecule has 3 heteroatoms. The summed E-state index contributed by atoms with van der Waals surface area (Å²) in [6, 6.07) is 5.39. The lowest BCUT2D eigenvalue weighted by molar-refractivity contribution is 0.273. The zero-order valence-corrected chi connectivity index (χ0v) is 8.23. The minimum absolute atomic E-state index is 0.111. The lowest BCUT2D eigenvalue weighted by Gasteiger charge is -2.08. The van der Waals surface area contributed by atoms with Crippen LogP contribution in [0, 0.1) is 0 Å². The largest absolute Gasteiger partial charge is 0.396 e. The Hall–Kier alpha value is -0.240. The van der Waals surface area contributed by atoms with Crippen LogP contribution in [0.1, 0.15) is 18.4 Å². The molecule has 1 unspecified atom stereocenters. The van der Waals surface area contributed by atoms with Crippen molar-refractivity contribution >= 4 is 23.2 Å². The van der Waals surface area contributed by atoms with Gasteiger partial charge in [0.25, 0.3) is 0 Å². The van der Waals surface area contributed by atoms with Gasteiger partial charge >= 0.3 is 0 Å². The number of aliphatic hydroxyl groups is 1. The topological polar surface area (TPSA) is 20.2 Å². The van der Waals surface area contributed by atoms with Crippen molar-refractivity contribution < 1.29 is 5.11 Å². The molecular formula is C9H10Cl2O. The summed E-state index contributed by atoms with van der Waals surface area (Å²) < 4.78 is 0.